The van der Waals surface area contributed by atoms with Crippen LogP contribution in [0.4, 0.5) is 5.95 Å². The van der Waals surface area contributed by atoms with E-state index in [2.05, 4.69) is 21.8 Å². The Morgan fingerprint density at radius 3 is 2.88 bits per heavy atom. The number of nitrogens with zero attached hydrogens (tertiary/aromatic N) is 3. The van der Waals surface area contributed by atoms with E-state index in [1.165, 1.54) is 17.7 Å². The average molecular weight is 254 g/mol. The van der Waals surface area contributed by atoms with Crippen molar-refractivity contribution in [1.29, 1.82) is 0 Å². The first kappa shape index (κ1) is 10.3. The van der Waals surface area contributed by atoms with Crippen molar-refractivity contribution < 1.29 is 0 Å². The van der Waals surface area contributed by atoms with Crippen molar-refractivity contribution >= 4 is 39.1 Å². The fraction of sp³-hybridized carbons (Fsp3) is 0.455. The summed E-state index contributed by atoms with van der Waals surface area (Å²) >= 11 is 7.84. The molecule has 2 aromatic rings. The molecule has 0 atom stereocenters. The van der Waals surface area contributed by atoms with Crippen molar-refractivity contribution in [3.05, 3.63) is 16.1 Å². The summed E-state index contributed by atoms with van der Waals surface area (Å²) < 4.78 is 0. The normalized spacial score (nSPS) is 15.7. The van der Waals surface area contributed by atoms with Crippen LogP contribution in [0.5, 0.6) is 0 Å². The lowest BCUT2D eigenvalue weighted by molar-refractivity contribution is 0.869. The molecule has 0 amide bonds. The molecule has 0 radical (unpaired) electrons. The summed E-state index contributed by atoms with van der Waals surface area (Å²) in [5, 5.41) is 1.54. The largest absolute Gasteiger partial charge is 0.341 e. The molecule has 0 unspecified atom stereocenters. The Morgan fingerprint density at radius 1 is 1.44 bits per heavy atom. The maximum Gasteiger partial charge on any atom is 0.228 e. The Labute approximate surface area is 103 Å². The van der Waals surface area contributed by atoms with Crippen LogP contribution in [0, 0.1) is 6.92 Å². The molecule has 3 rings (SSSR count). The summed E-state index contributed by atoms with van der Waals surface area (Å²) in [6.45, 7) is 2.06. The average Bonchev–Trinajstić information content (AvgIpc) is 3.00. The van der Waals surface area contributed by atoms with Crippen LogP contribution in [-0.2, 0) is 0 Å². The van der Waals surface area contributed by atoms with Crippen molar-refractivity contribution in [2.45, 2.75) is 25.8 Å². The van der Waals surface area contributed by atoms with Crippen molar-refractivity contribution in [2.75, 3.05) is 11.9 Å². The molecule has 16 heavy (non-hydrogen) atoms. The van der Waals surface area contributed by atoms with Gasteiger partial charge in [-0.15, -0.1) is 11.3 Å². The Bertz CT molecular complexity index is 547. The molecule has 2 heterocycles. The van der Waals surface area contributed by atoms with Gasteiger partial charge in [-0.3, -0.25) is 0 Å². The number of fused-ring (bicyclic) bond motifs is 1. The number of rotatable bonds is 2. The molecule has 5 heteroatoms. The smallest absolute Gasteiger partial charge is 0.228 e. The van der Waals surface area contributed by atoms with Crippen LogP contribution >= 0.6 is 22.9 Å². The lowest BCUT2D eigenvalue weighted by Gasteiger charge is -2.15. The van der Waals surface area contributed by atoms with Gasteiger partial charge in [0.05, 0.1) is 0 Å². The zero-order chi connectivity index (χ0) is 11.3. The van der Waals surface area contributed by atoms with Crippen LogP contribution in [0.1, 0.15) is 17.7 Å². The number of hydrogen-bond acceptors (Lipinski definition) is 4. The van der Waals surface area contributed by atoms with E-state index in [-0.39, 0.29) is 0 Å². The molecule has 1 saturated carbocycles. The maximum atomic E-state index is 6.17. The molecule has 0 aliphatic heterocycles. The molecular formula is C11H12ClN3S. The second-order valence-corrected chi connectivity index (χ2v) is 5.83. The minimum absolute atomic E-state index is 0.567. The van der Waals surface area contributed by atoms with E-state index in [4.69, 9.17) is 11.6 Å². The van der Waals surface area contributed by atoms with Crippen molar-refractivity contribution in [3.63, 3.8) is 0 Å². The molecule has 3 nitrogen and oxygen atoms in total. The van der Waals surface area contributed by atoms with E-state index in [9.17, 15) is 0 Å². The summed E-state index contributed by atoms with van der Waals surface area (Å²) in [6, 6.07) is 2.65. The van der Waals surface area contributed by atoms with Crippen molar-refractivity contribution in [2.24, 2.45) is 0 Å². The first-order valence-corrected chi connectivity index (χ1v) is 6.51. The fourth-order valence-corrected chi connectivity index (χ4v) is 2.93. The van der Waals surface area contributed by atoms with E-state index < -0.39 is 0 Å². The van der Waals surface area contributed by atoms with Crippen LogP contribution in [-0.4, -0.2) is 23.1 Å². The molecule has 1 aliphatic carbocycles. The fourth-order valence-electron chi connectivity index (χ4n) is 1.78. The van der Waals surface area contributed by atoms with Crippen LogP contribution in [0.3, 0.4) is 0 Å². The molecule has 0 saturated heterocycles. The Kier molecular flexibility index (Phi) is 2.30. The highest BCUT2D eigenvalue weighted by atomic mass is 35.5. The van der Waals surface area contributed by atoms with E-state index in [1.54, 1.807) is 11.3 Å². The Hall–Kier alpha value is -0.870. The molecule has 2 aromatic heterocycles. The van der Waals surface area contributed by atoms with E-state index in [0.29, 0.717) is 11.2 Å². The van der Waals surface area contributed by atoms with Gasteiger partial charge in [-0.1, -0.05) is 11.6 Å². The topological polar surface area (TPSA) is 29.0 Å². The van der Waals surface area contributed by atoms with Gasteiger partial charge in [0, 0.05) is 23.4 Å². The molecule has 0 bridgehead atoms. The van der Waals surface area contributed by atoms with Gasteiger partial charge in [0.15, 0.2) is 0 Å². The standard InChI is InChI=1S/C11H12ClN3S/c1-6-5-8-9(12)13-11(14-10(8)16-6)15(2)7-3-4-7/h5,7H,3-4H2,1-2H3. The van der Waals surface area contributed by atoms with Gasteiger partial charge in [0.1, 0.15) is 9.98 Å². The quantitative estimate of drug-likeness (QED) is 0.770. The number of anilines is 1. The van der Waals surface area contributed by atoms with Crippen molar-refractivity contribution in [3.8, 4) is 0 Å². The summed E-state index contributed by atoms with van der Waals surface area (Å²) in [4.78, 5) is 13.3. The Balaban J connectivity index is 2.12. The minimum atomic E-state index is 0.567. The van der Waals surface area contributed by atoms with Gasteiger partial charge in [0.2, 0.25) is 5.95 Å². The second-order valence-electron chi connectivity index (χ2n) is 4.23. The molecule has 0 N–H and O–H groups in total. The van der Waals surface area contributed by atoms with Crippen LogP contribution in [0.2, 0.25) is 5.15 Å². The van der Waals surface area contributed by atoms with Gasteiger partial charge in [-0.05, 0) is 25.8 Å². The highest BCUT2D eigenvalue weighted by molar-refractivity contribution is 7.18. The molecule has 84 valence electrons. The van der Waals surface area contributed by atoms with E-state index >= 15 is 0 Å². The molecule has 0 spiro atoms. The summed E-state index contributed by atoms with van der Waals surface area (Å²) in [6.07, 6.45) is 2.47. The monoisotopic (exact) mass is 253 g/mol. The number of hydrogen-bond donors (Lipinski definition) is 0. The number of halogens is 1. The van der Waals surface area contributed by atoms with Crippen LogP contribution in [0.15, 0.2) is 6.07 Å². The summed E-state index contributed by atoms with van der Waals surface area (Å²) in [5.74, 6) is 0.752. The van der Waals surface area contributed by atoms with Crippen LogP contribution in [0.25, 0.3) is 10.2 Å². The molecule has 1 fully saturated rings. The van der Waals surface area contributed by atoms with Crippen molar-refractivity contribution in [1.82, 2.24) is 9.97 Å². The summed E-state index contributed by atoms with van der Waals surface area (Å²) in [5.41, 5.74) is 0. The molecular weight excluding hydrogens is 242 g/mol. The van der Waals surface area contributed by atoms with Gasteiger partial charge < -0.3 is 4.90 Å². The van der Waals surface area contributed by atoms with E-state index in [1.807, 2.05) is 13.1 Å². The first-order valence-electron chi connectivity index (χ1n) is 5.31. The lowest BCUT2D eigenvalue weighted by Crippen LogP contribution is -2.21. The highest BCUT2D eigenvalue weighted by Crippen LogP contribution is 2.33. The molecule has 1 aliphatic rings. The predicted octanol–water partition coefficient (Wildman–Crippen LogP) is 3.25. The zero-order valence-corrected chi connectivity index (χ0v) is 10.8. The van der Waals surface area contributed by atoms with Gasteiger partial charge in [-0.2, -0.15) is 0 Å². The number of aryl methyl sites for hydroxylation is 1. The third kappa shape index (κ3) is 1.66. The van der Waals surface area contributed by atoms with Gasteiger partial charge in [-0.25, -0.2) is 9.97 Å². The minimum Gasteiger partial charge on any atom is -0.341 e. The number of aromatic nitrogens is 2. The zero-order valence-electron chi connectivity index (χ0n) is 9.20. The van der Waals surface area contributed by atoms with Gasteiger partial charge in [0.25, 0.3) is 0 Å². The molecule has 0 aromatic carbocycles. The highest BCUT2D eigenvalue weighted by Gasteiger charge is 2.28. The third-order valence-electron chi connectivity index (χ3n) is 2.87. The van der Waals surface area contributed by atoms with Gasteiger partial charge >= 0.3 is 0 Å². The maximum absolute atomic E-state index is 6.17. The predicted molar refractivity (Wildman–Crippen MR) is 68.6 cm³/mol. The van der Waals surface area contributed by atoms with Crippen LogP contribution < -0.4 is 4.90 Å². The first-order chi connectivity index (χ1) is 7.65. The third-order valence-corrected chi connectivity index (χ3v) is 4.10. The number of thiophene rings is 1. The lowest BCUT2D eigenvalue weighted by atomic mass is 10.4. The van der Waals surface area contributed by atoms with E-state index in [0.717, 1.165) is 16.2 Å². The SMILES string of the molecule is Cc1cc2c(Cl)nc(N(C)C3CC3)nc2s1. The second kappa shape index (κ2) is 3.57. The summed E-state index contributed by atoms with van der Waals surface area (Å²) in [7, 11) is 2.04. The Morgan fingerprint density at radius 2 is 2.19 bits per heavy atom.